The molecule has 0 aliphatic carbocycles. The summed E-state index contributed by atoms with van der Waals surface area (Å²) in [6.45, 7) is 4.61. The van der Waals surface area contributed by atoms with E-state index in [0.29, 0.717) is 37.8 Å². The molecule has 0 saturated carbocycles. The number of benzene rings is 1. The van der Waals surface area contributed by atoms with Crippen LogP contribution in [0.25, 0.3) is 11.3 Å². The quantitative estimate of drug-likeness (QED) is 0.643. The monoisotopic (exact) mass is 425 g/mol. The van der Waals surface area contributed by atoms with Gasteiger partial charge >= 0.3 is 6.09 Å². The summed E-state index contributed by atoms with van der Waals surface area (Å²) in [7, 11) is 1.61. The van der Waals surface area contributed by atoms with Gasteiger partial charge in [-0.05, 0) is 49.4 Å². The highest BCUT2D eigenvalue weighted by molar-refractivity contribution is 5.94. The summed E-state index contributed by atoms with van der Waals surface area (Å²) < 4.78 is 11.2. The molecule has 0 unspecified atom stereocenters. The lowest BCUT2D eigenvalue weighted by molar-refractivity contribution is 0.0800. The van der Waals surface area contributed by atoms with Crippen LogP contribution in [-0.4, -0.2) is 55.2 Å². The van der Waals surface area contributed by atoms with E-state index in [0.717, 1.165) is 42.7 Å². The van der Waals surface area contributed by atoms with E-state index in [1.807, 2.05) is 24.3 Å². The van der Waals surface area contributed by atoms with E-state index in [4.69, 9.17) is 9.47 Å². The Morgan fingerprint density at radius 2 is 1.87 bits per heavy atom. The molecule has 2 aromatic rings. The normalized spacial score (nSPS) is 14.2. The molecule has 1 fully saturated rings. The average molecular weight is 426 g/mol. The fourth-order valence-corrected chi connectivity index (χ4v) is 3.46. The molecule has 1 aromatic heterocycles. The van der Waals surface area contributed by atoms with Crippen LogP contribution in [0.15, 0.2) is 42.6 Å². The van der Waals surface area contributed by atoms with Gasteiger partial charge in [-0.1, -0.05) is 25.5 Å². The molecule has 0 bridgehead atoms. The Morgan fingerprint density at radius 3 is 2.48 bits per heavy atom. The number of unbranched alkanes of at least 4 members (excludes halogenated alkanes) is 1. The van der Waals surface area contributed by atoms with Crippen LogP contribution in [0.4, 0.5) is 4.79 Å². The van der Waals surface area contributed by atoms with E-state index in [2.05, 4.69) is 17.2 Å². The molecule has 7 heteroatoms. The Labute approximate surface area is 183 Å². The highest BCUT2D eigenvalue weighted by Crippen LogP contribution is 2.22. The van der Waals surface area contributed by atoms with E-state index in [-0.39, 0.29) is 12.0 Å². The Hall–Kier alpha value is -3.09. The van der Waals surface area contributed by atoms with Gasteiger partial charge in [-0.15, -0.1) is 0 Å². The number of nitrogens with one attached hydrogen (secondary N) is 1. The maximum absolute atomic E-state index is 12.0. The second-order valence-electron chi connectivity index (χ2n) is 7.74. The molecule has 2 amide bonds. The standard InChI is InChI=1S/C24H31N3O4/c1-3-4-15-30-24(29)27-13-11-18(12-14-27)17-31-21-9-10-22(26-16-21)19-5-7-20(8-6-19)23(28)25-2/h5-10,16,18H,3-4,11-15,17H2,1-2H3,(H,25,28). The maximum Gasteiger partial charge on any atom is 0.409 e. The van der Waals surface area contributed by atoms with Crippen LogP contribution < -0.4 is 10.1 Å². The lowest BCUT2D eigenvalue weighted by Gasteiger charge is -2.31. The molecule has 0 atom stereocenters. The van der Waals surface area contributed by atoms with Crippen molar-refractivity contribution in [3.8, 4) is 17.0 Å². The fourth-order valence-electron chi connectivity index (χ4n) is 3.46. The number of pyridine rings is 1. The van der Waals surface area contributed by atoms with Crippen molar-refractivity contribution in [1.29, 1.82) is 0 Å². The number of amides is 2. The molecule has 31 heavy (non-hydrogen) atoms. The molecule has 1 aromatic carbocycles. The van der Waals surface area contributed by atoms with Crippen LogP contribution in [0.5, 0.6) is 5.75 Å². The minimum absolute atomic E-state index is 0.109. The Kier molecular flexibility index (Phi) is 8.27. The van der Waals surface area contributed by atoms with Crippen molar-refractivity contribution in [3.63, 3.8) is 0 Å². The van der Waals surface area contributed by atoms with Gasteiger partial charge in [0.25, 0.3) is 5.91 Å². The number of piperidine rings is 1. The van der Waals surface area contributed by atoms with Crippen molar-refractivity contribution in [2.75, 3.05) is 33.4 Å². The van der Waals surface area contributed by atoms with Crippen LogP contribution in [0, 0.1) is 5.92 Å². The molecular weight excluding hydrogens is 394 g/mol. The first-order chi connectivity index (χ1) is 15.1. The lowest BCUT2D eigenvalue weighted by Crippen LogP contribution is -2.40. The first-order valence-electron chi connectivity index (χ1n) is 10.9. The highest BCUT2D eigenvalue weighted by atomic mass is 16.6. The third kappa shape index (κ3) is 6.44. The molecule has 1 saturated heterocycles. The first kappa shape index (κ1) is 22.6. The highest BCUT2D eigenvalue weighted by Gasteiger charge is 2.24. The van der Waals surface area contributed by atoms with E-state index in [9.17, 15) is 9.59 Å². The Bertz CT molecular complexity index is 844. The Balaban J connectivity index is 1.44. The zero-order valence-corrected chi connectivity index (χ0v) is 18.3. The van der Waals surface area contributed by atoms with E-state index < -0.39 is 0 Å². The van der Waals surface area contributed by atoms with Crippen LogP contribution in [-0.2, 0) is 4.74 Å². The van der Waals surface area contributed by atoms with Crippen molar-refractivity contribution in [2.24, 2.45) is 5.92 Å². The zero-order valence-electron chi connectivity index (χ0n) is 18.3. The molecule has 1 aliphatic rings. The second-order valence-corrected chi connectivity index (χ2v) is 7.74. The molecule has 1 N–H and O–H groups in total. The number of likely N-dealkylation sites (tertiary alicyclic amines) is 1. The van der Waals surface area contributed by atoms with Gasteiger partial charge in [-0.25, -0.2) is 4.79 Å². The van der Waals surface area contributed by atoms with Crippen molar-refractivity contribution in [3.05, 3.63) is 48.2 Å². The van der Waals surface area contributed by atoms with Crippen molar-refractivity contribution in [1.82, 2.24) is 15.2 Å². The molecule has 2 heterocycles. The summed E-state index contributed by atoms with van der Waals surface area (Å²) in [6, 6.07) is 11.2. The van der Waals surface area contributed by atoms with Gasteiger partial charge < -0.3 is 19.7 Å². The number of aromatic nitrogens is 1. The van der Waals surface area contributed by atoms with Gasteiger partial charge in [0.05, 0.1) is 25.1 Å². The van der Waals surface area contributed by atoms with E-state index >= 15 is 0 Å². The van der Waals surface area contributed by atoms with Gasteiger partial charge in [-0.3, -0.25) is 9.78 Å². The molecule has 0 spiro atoms. The predicted octanol–water partition coefficient (Wildman–Crippen LogP) is 4.14. The van der Waals surface area contributed by atoms with Gasteiger partial charge in [0.2, 0.25) is 0 Å². The smallest absolute Gasteiger partial charge is 0.409 e. The lowest BCUT2D eigenvalue weighted by atomic mass is 9.98. The van der Waals surface area contributed by atoms with Gasteiger partial charge in [0.1, 0.15) is 5.75 Å². The van der Waals surface area contributed by atoms with Crippen LogP contribution in [0.3, 0.4) is 0 Å². The number of nitrogens with zero attached hydrogens (tertiary/aromatic N) is 2. The Morgan fingerprint density at radius 1 is 1.13 bits per heavy atom. The molecule has 1 aliphatic heterocycles. The third-order valence-corrected chi connectivity index (χ3v) is 5.49. The molecule has 7 nitrogen and oxygen atoms in total. The zero-order chi connectivity index (χ0) is 22.1. The number of carbonyl (C=O) groups excluding carboxylic acids is 2. The topological polar surface area (TPSA) is 80.8 Å². The summed E-state index contributed by atoms with van der Waals surface area (Å²) in [5.74, 6) is 1.03. The van der Waals surface area contributed by atoms with E-state index in [1.165, 1.54) is 0 Å². The summed E-state index contributed by atoms with van der Waals surface area (Å²) >= 11 is 0. The van der Waals surface area contributed by atoms with Crippen LogP contribution in [0.2, 0.25) is 0 Å². The maximum atomic E-state index is 12.0. The minimum atomic E-state index is -0.198. The molecule has 0 radical (unpaired) electrons. The minimum Gasteiger partial charge on any atom is -0.492 e. The number of ether oxygens (including phenoxy) is 2. The second kappa shape index (κ2) is 11.3. The summed E-state index contributed by atoms with van der Waals surface area (Å²) in [5, 5.41) is 2.61. The number of hydrogen-bond acceptors (Lipinski definition) is 5. The van der Waals surface area contributed by atoms with Crippen molar-refractivity contribution in [2.45, 2.75) is 32.6 Å². The van der Waals surface area contributed by atoms with Gasteiger partial charge in [0, 0.05) is 31.3 Å². The van der Waals surface area contributed by atoms with Crippen molar-refractivity contribution >= 4 is 12.0 Å². The third-order valence-electron chi connectivity index (χ3n) is 5.49. The van der Waals surface area contributed by atoms with Gasteiger partial charge in [-0.2, -0.15) is 0 Å². The summed E-state index contributed by atoms with van der Waals surface area (Å²) in [5.41, 5.74) is 2.38. The van der Waals surface area contributed by atoms with E-state index in [1.54, 1.807) is 30.3 Å². The number of carbonyl (C=O) groups is 2. The van der Waals surface area contributed by atoms with Crippen LogP contribution in [0.1, 0.15) is 43.0 Å². The average Bonchev–Trinajstić information content (AvgIpc) is 2.83. The largest absolute Gasteiger partial charge is 0.492 e. The fraction of sp³-hybridized carbons (Fsp3) is 0.458. The molecular formula is C24H31N3O4. The predicted molar refractivity (Wildman–Crippen MR) is 119 cm³/mol. The summed E-state index contributed by atoms with van der Waals surface area (Å²) in [4.78, 5) is 29.9. The first-order valence-corrected chi connectivity index (χ1v) is 10.9. The van der Waals surface area contributed by atoms with Crippen molar-refractivity contribution < 1.29 is 19.1 Å². The molecule has 166 valence electrons. The van der Waals surface area contributed by atoms with Crippen LogP contribution >= 0.6 is 0 Å². The van der Waals surface area contributed by atoms with Gasteiger partial charge in [0.15, 0.2) is 0 Å². The molecule has 3 rings (SSSR count). The number of rotatable bonds is 8. The SMILES string of the molecule is CCCCOC(=O)N1CCC(COc2ccc(-c3ccc(C(=O)NC)cc3)nc2)CC1. The number of hydrogen-bond donors (Lipinski definition) is 1. The summed E-state index contributed by atoms with van der Waals surface area (Å²) in [6.07, 6.45) is 5.27.